The summed E-state index contributed by atoms with van der Waals surface area (Å²) in [5.41, 5.74) is 0.0176. The quantitative estimate of drug-likeness (QED) is 0.759. The van der Waals surface area contributed by atoms with Crippen molar-refractivity contribution >= 4 is 5.69 Å². The van der Waals surface area contributed by atoms with Gasteiger partial charge < -0.3 is 19.9 Å². The molecule has 1 aromatic carbocycles. The van der Waals surface area contributed by atoms with Gasteiger partial charge in [0.05, 0.1) is 31.1 Å². The Morgan fingerprint density at radius 1 is 1.32 bits per heavy atom. The minimum absolute atomic E-state index is 0.0176. The first-order valence-corrected chi connectivity index (χ1v) is 6.00. The first-order valence-electron chi connectivity index (χ1n) is 6.00. The zero-order chi connectivity index (χ0) is 14.3. The first kappa shape index (κ1) is 15.8. The van der Waals surface area contributed by atoms with Crippen LogP contribution >= 0.6 is 0 Å². The van der Waals surface area contributed by atoms with Crippen LogP contribution in [0.4, 0.5) is 14.5 Å². The largest absolute Gasteiger partial charge is 0.389 e. The summed E-state index contributed by atoms with van der Waals surface area (Å²) in [6, 6.07) is 3.10. The van der Waals surface area contributed by atoms with Crippen molar-refractivity contribution in [1.29, 1.82) is 0 Å². The Bertz CT molecular complexity index is 390. The monoisotopic (exact) mass is 275 g/mol. The van der Waals surface area contributed by atoms with Crippen molar-refractivity contribution in [2.75, 3.05) is 32.2 Å². The van der Waals surface area contributed by atoms with Crippen molar-refractivity contribution in [2.24, 2.45) is 0 Å². The standard InChI is InChI=1S/C13H19F2NO3/c1-9(7-18-2)19-8-11(17)6-16-13-5-10(14)3-4-12(13)15/h3-5,9,11,16-17H,6-8H2,1-2H3. The number of ether oxygens (including phenoxy) is 2. The maximum Gasteiger partial charge on any atom is 0.146 e. The van der Waals surface area contributed by atoms with E-state index in [0.29, 0.717) is 6.61 Å². The molecule has 6 heteroatoms. The van der Waals surface area contributed by atoms with Gasteiger partial charge in [-0.3, -0.25) is 0 Å². The van der Waals surface area contributed by atoms with Crippen molar-refractivity contribution in [3.05, 3.63) is 29.8 Å². The molecule has 2 N–H and O–H groups in total. The van der Waals surface area contributed by atoms with Crippen LogP contribution in [0.2, 0.25) is 0 Å². The summed E-state index contributed by atoms with van der Waals surface area (Å²) >= 11 is 0. The minimum Gasteiger partial charge on any atom is -0.389 e. The lowest BCUT2D eigenvalue weighted by Gasteiger charge is -2.17. The normalized spacial score (nSPS) is 14.2. The molecular weight excluding hydrogens is 256 g/mol. The Balaban J connectivity index is 2.33. The molecule has 108 valence electrons. The van der Waals surface area contributed by atoms with Gasteiger partial charge in [-0.25, -0.2) is 8.78 Å². The number of anilines is 1. The highest BCUT2D eigenvalue weighted by Crippen LogP contribution is 2.15. The van der Waals surface area contributed by atoms with Gasteiger partial charge in [0.15, 0.2) is 0 Å². The number of aliphatic hydroxyl groups is 1. The molecule has 2 unspecified atom stereocenters. The molecule has 0 aliphatic heterocycles. The van der Waals surface area contributed by atoms with Crippen LogP contribution in [-0.4, -0.2) is 44.2 Å². The summed E-state index contributed by atoms with van der Waals surface area (Å²) in [4.78, 5) is 0. The van der Waals surface area contributed by atoms with Gasteiger partial charge in [0.2, 0.25) is 0 Å². The number of hydrogen-bond donors (Lipinski definition) is 2. The first-order chi connectivity index (χ1) is 9.02. The van der Waals surface area contributed by atoms with Gasteiger partial charge in [0.25, 0.3) is 0 Å². The lowest BCUT2D eigenvalue weighted by atomic mass is 10.2. The van der Waals surface area contributed by atoms with Crippen LogP contribution in [0, 0.1) is 11.6 Å². The summed E-state index contributed by atoms with van der Waals surface area (Å²) in [5, 5.41) is 12.3. The van der Waals surface area contributed by atoms with E-state index in [-0.39, 0.29) is 24.9 Å². The summed E-state index contributed by atoms with van der Waals surface area (Å²) in [7, 11) is 1.56. The highest BCUT2D eigenvalue weighted by Gasteiger charge is 2.10. The lowest BCUT2D eigenvalue weighted by molar-refractivity contribution is -0.0282. The predicted molar refractivity (Wildman–Crippen MR) is 68.1 cm³/mol. The van der Waals surface area contributed by atoms with Crippen molar-refractivity contribution in [2.45, 2.75) is 19.1 Å². The Hall–Kier alpha value is -1.24. The molecule has 0 amide bonds. The Kier molecular flexibility index (Phi) is 6.69. The molecule has 0 saturated heterocycles. The summed E-state index contributed by atoms with van der Waals surface area (Å²) in [5.74, 6) is -1.11. The Morgan fingerprint density at radius 2 is 2.05 bits per heavy atom. The van der Waals surface area contributed by atoms with E-state index in [0.717, 1.165) is 18.2 Å². The van der Waals surface area contributed by atoms with Gasteiger partial charge in [-0.15, -0.1) is 0 Å². The molecule has 19 heavy (non-hydrogen) atoms. The van der Waals surface area contributed by atoms with Gasteiger partial charge in [0, 0.05) is 13.7 Å². The third-order valence-electron chi connectivity index (χ3n) is 2.43. The number of halogens is 2. The van der Waals surface area contributed by atoms with Crippen LogP contribution in [0.25, 0.3) is 0 Å². The van der Waals surface area contributed by atoms with E-state index in [2.05, 4.69) is 5.32 Å². The van der Waals surface area contributed by atoms with Crippen molar-refractivity contribution in [3.63, 3.8) is 0 Å². The minimum atomic E-state index is -0.818. The molecule has 0 saturated carbocycles. The third-order valence-corrected chi connectivity index (χ3v) is 2.43. The fourth-order valence-electron chi connectivity index (χ4n) is 1.48. The molecular formula is C13H19F2NO3. The van der Waals surface area contributed by atoms with Crippen molar-refractivity contribution in [3.8, 4) is 0 Å². The number of nitrogens with one attached hydrogen (secondary N) is 1. The smallest absolute Gasteiger partial charge is 0.146 e. The maximum atomic E-state index is 13.3. The Labute approximate surface area is 111 Å². The average Bonchev–Trinajstić information content (AvgIpc) is 2.38. The molecule has 0 heterocycles. The van der Waals surface area contributed by atoms with Gasteiger partial charge in [-0.05, 0) is 25.1 Å². The van der Waals surface area contributed by atoms with Crippen LogP contribution in [0.5, 0.6) is 0 Å². The number of benzene rings is 1. The highest BCUT2D eigenvalue weighted by molar-refractivity contribution is 5.44. The van der Waals surface area contributed by atoms with E-state index >= 15 is 0 Å². The molecule has 0 aromatic heterocycles. The van der Waals surface area contributed by atoms with Crippen LogP contribution in [0.1, 0.15) is 6.92 Å². The van der Waals surface area contributed by atoms with Crippen molar-refractivity contribution in [1.82, 2.24) is 0 Å². The number of methoxy groups -OCH3 is 1. The van der Waals surface area contributed by atoms with E-state index < -0.39 is 17.7 Å². The highest BCUT2D eigenvalue weighted by atomic mass is 19.1. The molecule has 4 nitrogen and oxygen atoms in total. The Morgan fingerprint density at radius 3 is 2.74 bits per heavy atom. The molecule has 0 spiro atoms. The van der Waals surface area contributed by atoms with Gasteiger partial charge in [-0.2, -0.15) is 0 Å². The summed E-state index contributed by atoms with van der Waals surface area (Å²) in [6.45, 7) is 2.41. The van der Waals surface area contributed by atoms with Crippen LogP contribution in [0.15, 0.2) is 18.2 Å². The molecule has 0 radical (unpaired) electrons. The summed E-state index contributed by atoms with van der Waals surface area (Å²) in [6.07, 6.45) is -0.951. The molecule has 0 fully saturated rings. The van der Waals surface area contributed by atoms with Gasteiger partial charge >= 0.3 is 0 Å². The van der Waals surface area contributed by atoms with Crippen LogP contribution in [-0.2, 0) is 9.47 Å². The molecule has 1 aromatic rings. The van der Waals surface area contributed by atoms with E-state index in [9.17, 15) is 13.9 Å². The molecule has 1 rings (SSSR count). The fraction of sp³-hybridized carbons (Fsp3) is 0.538. The second-order valence-corrected chi connectivity index (χ2v) is 4.26. The summed E-state index contributed by atoms with van der Waals surface area (Å²) < 4.78 is 36.4. The van der Waals surface area contributed by atoms with Crippen LogP contribution < -0.4 is 5.32 Å². The third kappa shape index (κ3) is 5.96. The van der Waals surface area contributed by atoms with E-state index in [1.807, 2.05) is 6.92 Å². The zero-order valence-electron chi connectivity index (χ0n) is 11.0. The lowest BCUT2D eigenvalue weighted by Crippen LogP contribution is -2.28. The second-order valence-electron chi connectivity index (χ2n) is 4.26. The topological polar surface area (TPSA) is 50.7 Å². The van der Waals surface area contributed by atoms with E-state index in [1.54, 1.807) is 7.11 Å². The molecule has 0 aliphatic rings. The predicted octanol–water partition coefficient (Wildman–Crippen LogP) is 1.79. The van der Waals surface area contributed by atoms with Gasteiger partial charge in [0.1, 0.15) is 11.6 Å². The SMILES string of the molecule is COCC(C)OCC(O)CNc1cc(F)ccc1F. The zero-order valence-corrected chi connectivity index (χ0v) is 11.0. The number of hydrogen-bond acceptors (Lipinski definition) is 4. The number of rotatable bonds is 8. The molecule has 0 bridgehead atoms. The maximum absolute atomic E-state index is 13.3. The van der Waals surface area contributed by atoms with Crippen molar-refractivity contribution < 1.29 is 23.4 Å². The van der Waals surface area contributed by atoms with E-state index in [4.69, 9.17) is 9.47 Å². The van der Waals surface area contributed by atoms with E-state index in [1.165, 1.54) is 0 Å². The molecule has 0 aliphatic carbocycles. The number of aliphatic hydroxyl groups excluding tert-OH is 1. The second kappa shape index (κ2) is 8.04. The molecule has 2 atom stereocenters. The average molecular weight is 275 g/mol. The fourth-order valence-corrected chi connectivity index (χ4v) is 1.48. The van der Waals surface area contributed by atoms with Crippen LogP contribution in [0.3, 0.4) is 0 Å². The van der Waals surface area contributed by atoms with Gasteiger partial charge in [-0.1, -0.05) is 0 Å².